The Labute approximate surface area is 154 Å². The zero-order valence-corrected chi connectivity index (χ0v) is 15.1. The number of benzene rings is 1. The lowest BCUT2D eigenvalue weighted by Crippen LogP contribution is -2.15. The van der Waals surface area contributed by atoms with Gasteiger partial charge in [-0.05, 0) is 24.3 Å². The van der Waals surface area contributed by atoms with Gasteiger partial charge in [0.15, 0.2) is 15.5 Å². The first-order chi connectivity index (χ1) is 12.2. The molecule has 1 heterocycles. The summed E-state index contributed by atoms with van der Waals surface area (Å²) >= 11 is 5.80. The van der Waals surface area contributed by atoms with Gasteiger partial charge in [0.05, 0.1) is 14.8 Å². The number of sulfone groups is 1. The number of pyridine rings is 1. The highest BCUT2D eigenvalue weighted by molar-refractivity contribution is 7.90. The molecule has 136 valence electrons. The minimum Gasteiger partial charge on any atom is -0.378 e. The minimum atomic E-state index is -3.54. The zero-order chi connectivity index (χ0) is 19.3. The second-order valence-corrected chi connectivity index (χ2v) is 7.62. The molecular formula is C15H14ClN5O4S. The molecule has 2 N–H and O–H groups in total. The summed E-state index contributed by atoms with van der Waals surface area (Å²) in [5.41, 5.74) is -0.0353. The Kier molecular flexibility index (Phi) is 5.97. The molecule has 0 saturated carbocycles. The molecule has 1 aromatic heterocycles. The van der Waals surface area contributed by atoms with Crippen LogP contribution in [0.1, 0.15) is 5.69 Å². The van der Waals surface area contributed by atoms with Gasteiger partial charge in [0.1, 0.15) is 17.6 Å². The van der Waals surface area contributed by atoms with Crippen LogP contribution >= 0.6 is 11.6 Å². The van der Waals surface area contributed by atoms with Crippen LogP contribution in [-0.2, 0) is 9.84 Å². The van der Waals surface area contributed by atoms with Gasteiger partial charge in [0, 0.05) is 25.4 Å². The van der Waals surface area contributed by atoms with Gasteiger partial charge in [-0.2, -0.15) is 5.26 Å². The SMILES string of the molecule is CS(=O)(=O)c1ccc(NCCNc2ccc(Cl)c(C#N)n2)c([N+](=O)[O-])c1. The molecular weight excluding hydrogens is 382 g/mol. The lowest BCUT2D eigenvalue weighted by molar-refractivity contribution is -0.384. The summed E-state index contributed by atoms with van der Waals surface area (Å²) in [4.78, 5) is 14.4. The van der Waals surface area contributed by atoms with Crippen molar-refractivity contribution in [1.82, 2.24) is 4.98 Å². The summed E-state index contributed by atoms with van der Waals surface area (Å²) in [6, 6.07) is 8.68. The molecule has 0 spiro atoms. The van der Waals surface area contributed by atoms with Crippen LogP contribution in [0.15, 0.2) is 35.2 Å². The number of rotatable bonds is 7. The molecule has 0 aliphatic rings. The third-order valence-electron chi connectivity index (χ3n) is 3.29. The van der Waals surface area contributed by atoms with Gasteiger partial charge in [0.2, 0.25) is 0 Å². The maximum atomic E-state index is 11.5. The van der Waals surface area contributed by atoms with E-state index in [2.05, 4.69) is 15.6 Å². The Morgan fingerprint density at radius 2 is 1.96 bits per heavy atom. The van der Waals surface area contributed by atoms with Crippen molar-refractivity contribution in [2.75, 3.05) is 30.0 Å². The lowest BCUT2D eigenvalue weighted by Gasteiger charge is -2.10. The Morgan fingerprint density at radius 1 is 1.27 bits per heavy atom. The zero-order valence-electron chi connectivity index (χ0n) is 13.6. The molecule has 11 heteroatoms. The van der Waals surface area contributed by atoms with Crippen molar-refractivity contribution in [1.29, 1.82) is 5.26 Å². The summed E-state index contributed by atoms with van der Waals surface area (Å²) in [6.07, 6.45) is 0.984. The van der Waals surface area contributed by atoms with E-state index in [0.717, 1.165) is 12.3 Å². The van der Waals surface area contributed by atoms with Crippen LogP contribution in [-0.4, -0.2) is 37.7 Å². The summed E-state index contributed by atoms with van der Waals surface area (Å²) in [7, 11) is -3.54. The maximum absolute atomic E-state index is 11.5. The predicted octanol–water partition coefficient (Wildman–Crippen LogP) is 2.44. The highest BCUT2D eigenvalue weighted by Gasteiger charge is 2.18. The van der Waals surface area contributed by atoms with Gasteiger partial charge in [-0.3, -0.25) is 10.1 Å². The molecule has 1 aromatic carbocycles. The Hall–Kier alpha value is -2.90. The first-order valence-electron chi connectivity index (χ1n) is 7.25. The van der Waals surface area contributed by atoms with Gasteiger partial charge >= 0.3 is 0 Å². The number of nitrogens with one attached hydrogen (secondary N) is 2. The molecule has 0 radical (unpaired) electrons. The highest BCUT2D eigenvalue weighted by Crippen LogP contribution is 2.27. The molecule has 0 fully saturated rings. The summed E-state index contributed by atoms with van der Waals surface area (Å²) in [6.45, 7) is 0.649. The second-order valence-electron chi connectivity index (χ2n) is 5.20. The molecule has 9 nitrogen and oxygen atoms in total. The van der Waals surface area contributed by atoms with Crippen molar-refractivity contribution in [3.63, 3.8) is 0 Å². The standard InChI is InChI=1S/C15H14ClN5O4S/c1-26(24,25)10-2-4-12(14(8-10)21(22)23)18-6-7-19-15-5-3-11(16)13(9-17)20-15/h2-5,8,18H,6-7H2,1H3,(H,19,20). The molecule has 0 bridgehead atoms. The topological polar surface area (TPSA) is 138 Å². The van der Waals surface area contributed by atoms with E-state index in [0.29, 0.717) is 18.9 Å². The van der Waals surface area contributed by atoms with Crippen LogP contribution in [0.2, 0.25) is 5.02 Å². The third kappa shape index (κ3) is 4.81. The van der Waals surface area contributed by atoms with Crippen molar-refractivity contribution in [3.8, 4) is 6.07 Å². The fourth-order valence-electron chi connectivity index (χ4n) is 2.05. The fourth-order valence-corrected chi connectivity index (χ4v) is 2.84. The average molecular weight is 396 g/mol. The number of nitro benzene ring substituents is 1. The van der Waals surface area contributed by atoms with Gasteiger partial charge in [-0.25, -0.2) is 13.4 Å². The van der Waals surface area contributed by atoms with Crippen LogP contribution in [0, 0.1) is 21.4 Å². The number of nitro groups is 1. The van der Waals surface area contributed by atoms with E-state index >= 15 is 0 Å². The molecule has 0 amide bonds. The Balaban J connectivity index is 2.04. The monoisotopic (exact) mass is 395 g/mol. The smallest absolute Gasteiger partial charge is 0.293 e. The Morgan fingerprint density at radius 3 is 2.58 bits per heavy atom. The summed E-state index contributed by atoms with van der Waals surface area (Å²) in [5.74, 6) is 0.440. The number of anilines is 2. The molecule has 0 aliphatic heterocycles. The largest absolute Gasteiger partial charge is 0.378 e. The number of nitrogens with zero attached hydrogens (tertiary/aromatic N) is 3. The van der Waals surface area contributed by atoms with Crippen LogP contribution < -0.4 is 10.6 Å². The third-order valence-corrected chi connectivity index (χ3v) is 4.71. The number of halogens is 1. The Bertz CT molecular complexity index is 988. The van der Waals surface area contributed by atoms with Gasteiger partial charge in [-0.15, -0.1) is 0 Å². The molecule has 0 atom stereocenters. The van der Waals surface area contributed by atoms with E-state index in [1.54, 1.807) is 6.07 Å². The molecule has 26 heavy (non-hydrogen) atoms. The first kappa shape index (κ1) is 19.4. The number of aromatic nitrogens is 1. The lowest BCUT2D eigenvalue weighted by atomic mass is 10.2. The highest BCUT2D eigenvalue weighted by atomic mass is 35.5. The van der Waals surface area contributed by atoms with E-state index < -0.39 is 14.8 Å². The maximum Gasteiger partial charge on any atom is 0.293 e. The van der Waals surface area contributed by atoms with Gasteiger partial charge in [-0.1, -0.05) is 11.6 Å². The number of hydrogen-bond acceptors (Lipinski definition) is 8. The average Bonchev–Trinajstić information content (AvgIpc) is 2.59. The predicted molar refractivity (Wildman–Crippen MR) is 97.1 cm³/mol. The van der Waals surface area contributed by atoms with Gasteiger partial charge in [0.25, 0.3) is 5.69 Å². The van der Waals surface area contributed by atoms with Crippen molar-refractivity contribution >= 4 is 38.6 Å². The molecule has 2 rings (SSSR count). The van der Waals surface area contributed by atoms with E-state index in [9.17, 15) is 18.5 Å². The first-order valence-corrected chi connectivity index (χ1v) is 9.52. The van der Waals surface area contributed by atoms with Crippen LogP contribution in [0.4, 0.5) is 17.2 Å². The second kappa shape index (κ2) is 7.99. The molecule has 0 saturated heterocycles. The van der Waals surface area contributed by atoms with Crippen LogP contribution in [0.5, 0.6) is 0 Å². The number of hydrogen-bond donors (Lipinski definition) is 2. The van der Waals surface area contributed by atoms with E-state index in [1.165, 1.54) is 18.2 Å². The molecule has 0 aliphatic carbocycles. The van der Waals surface area contributed by atoms with Crippen LogP contribution in [0.3, 0.4) is 0 Å². The van der Waals surface area contributed by atoms with Gasteiger partial charge < -0.3 is 10.6 Å². The van der Waals surface area contributed by atoms with Crippen molar-refractivity contribution in [2.24, 2.45) is 0 Å². The normalized spacial score (nSPS) is 10.8. The van der Waals surface area contributed by atoms with Crippen molar-refractivity contribution < 1.29 is 13.3 Å². The quantitative estimate of drug-likeness (QED) is 0.414. The number of nitriles is 1. The summed E-state index contributed by atoms with van der Waals surface area (Å²) < 4.78 is 23.0. The van der Waals surface area contributed by atoms with Crippen molar-refractivity contribution in [2.45, 2.75) is 4.90 Å². The van der Waals surface area contributed by atoms with Crippen molar-refractivity contribution in [3.05, 3.63) is 51.2 Å². The summed E-state index contributed by atoms with van der Waals surface area (Å²) in [5, 5.41) is 26.1. The molecule has 2 aromatic rings. The minimum absolute atomic E-state index is 0.0941. The van der Waals surface area contributed by atoms with E-state index in [1.807, 2.05) is 6.07 Å². The fraction of sp³-hybridized carbons (Fsp3) is 0.200. The van der Waals surface area contributed by atoms with Crippen LogP contribution in [0.25, 0.3) is 0 Å². The van der Waals surface area contributed by atoms with E-state index in [4.69, 9.17) is 16.9 Å². The van der Waals surface area contributed by atoms with E-state index in [-0.39, 0.29) is 27.0 Å². The molecule has 0 unspecified atom stereocenters.